The van der Waals surface area contributed by atoms with Crippen LogP contribution in [0.5, 0.6) is 0 Å². The van der Waals surface area contributed by atoms with E-state index in [1.54, 1.807) is 13.0 Å². The molecule has 0 radical (unpaired) electrons. The SMILES string of the molecule is CC(=O)O[C@@H]1C[C@@]2(C)CC(C3CC(=O)C(C)=C[C@H]3O)=CC[C@@H]2[C@@]2(C)CCCC(C)(C)[C@H]12. The van der Waals surface area contributed by atoms with E-state index >= 15 is 0 Å². The summed E-state index contributed by atoms with van der Waals surface area (Å²) in [5.41, 5.74) is 2.17. The number of hydrogen-bond acceptors (Lipinski definition) is 4. The zero-order chi connectivity index (χ0) is 22.8. The van der Waals surface area contributed by atoms with E-state index in [2.05, 4.69) is 33.8 Å². The first-order valence-electron chi connectivity index (χ1n) is 12.1. The molecule has 0 aromatic heterocycles. The fourth-order valence-electron chi connectivity index (χ4n) is 8.42. The minimum absolute atomic E-state index is 0.00183. The number of ether oxygens (including phenoxy) is 1. The first-order valence-corrected chi connectivity index (χ1v) is 12.1. The van der Waals surface area contributed by atoms with Gasteiger partial charge < -0.3 is 9.84 Å². The molecular weight excluding hydrogens is 388 g/mol. The van der Waals surface area contributed by atoms with Crippen molar-refractivity contribution in [1.29, 1.82) is 0 Å². The van der Waals surface area contributed by atoms with Gasteiger partial charge in [-0.05, 0) is 72.8 Å². The van der Waals surface area contributed by atoms with Crippen molar-refractivity contribution in [3.63, 3.8) is 0 Å². The number of carbonyl (C=O) groups is 2. The van der Waals surface area contributed by atoms with Gasteiger partial charge in [0.25, 0.3) is 0 Å². The lowest BCUT2D eigenvalue weighted by molar-refractivity contribution is -0.205. The highest BCUT2D eigenvalue weighted by molar-refractivity contribution is 5.96. The van der Waals surface area contributed by atoms with Crippen LogP contribution in [0.1, 0.15) is 86.5 Å². The van der Waals surface area contributed by atoms with Gasteiger partial charge in [0, 0.05) is 25.2 Å². The van der Waals surface area contributed by atoms with Gasteiger partial charge >= 0.3 is 5.97 Å². The number of esters is 1. The number of aliphatic hydroxyl groups is 1. The quantitative estimate of drug-likeness (QED) is 0.473. The van der Waals surface area contributed by atoms with Gasteiger partial charge in [0.1, 0.15) is 6.10 Å². The molecule has 7 atom stereocenters. The molecule has 4 heteroatoms. The summed E-state index contributed by atoms with van der Waals surface area (Å²) in [6, 6.07) is 0. The summed E-state index contributed by atoms with van der Waals surface area (Å²) in [7, 11) is 0. The topological polar surface area (TPSA) is 63.6 Å². The van der Waals surface area contributed by atoms with Crippen LogP contribution < -0.4 is 0 Å². The van der Waals surface area contributed by atoms with Gasteiger partial charge in [0.2, 0.25) is 0 Å². The maximum Gasteiger partial charge on any atom is 0.302 e. The molecule has 172 valence electrons. The van der Waals surface area contributed by atoms with Crippen LogP contribution in [0.3, 0.4) is 0 Å². The Kier molecular flexibility index (Phi) is 5.56. The zero-order valence-electron chi connectivity index (χ0n) is 20.2. The molecule has 1 unspecified atom stereocenters. The van der Waals surface area contributed by atoms with E-state index in [0.29, 0.717) is 23.8 Å². The molecule has 4 nitrogen and oxygen atoms in total. The molecule has 4 aliphatic carbocycles. The summed E-state index contributed by atoms with van der Waals surface area (Å²) in [6.07, 6.45) is 10.1. The van der Waals surface area contributed by atoms with Gasteiger partial charge in [0.15, 0.2) is 5.78 Å². The summed E-state index contributed by atoms with van der Waals surface area (Å²) in [5, 5.41) is 10.7. The van der Waals surface area contributed by atoms with Crippen LogP contribution in [-0.2, 0) is 14.3 Å². The first-order chi connectivity index (χ1) is 14.4. The van der Waals surface area contributed by atoms with Crippen LogP contribution >= 0.6 is 0 Å². The minimum Gasteiger partial charge on any atom is -0.462 e. The van der Waals surface area contributed by atoms with Crippen molar-refractivity contribution < 1.29 is 19.4 Å². The lowest BCUT2D eigenvalue weighted by Crippen LogP contribution is -2.61. The number of allylic oxidation sites excluding steroid dienone is 2. The predicted octanol–water partition coefficient (Wildman–Crippen LogP) is 5.39. The Hall–Kier alpha value is -1.42. The van der Waals surface area contributed by atoms with Crippen LogP contribution in [0, 0.1) is 34.0 Å². The Bertz CT molecular complexity index is 836. The average Bonchev–Trinajstić information content (AvgIpc) is 2.62. The molecule has 0 spiro atoms. The molecule has 0 heterocycles. The number of rotatable bonds is 2. The van der Waals surface area contributed by atoms with Gasteiger partial charge in [-0.1, -0.05) is 45.8 Å². The number of fused-ring (bicyclic) bond motifs is 3. The van der Waals surface area contributed by atoms with Crippen molar-refractivity contribution >= 4 is 11.8 Å². The van der Waals surface area contributed by atoms with E-state index in [9.17, 15) is 14.7 Å². The lowest BCUT2D eigenvalue weighted by Gasteiger charge is -2.65. The summed E-state index contributed by atoms with van der Waals surface area (Å²) in [5.74, 6) is 0.726. The summed E-state index contributed by atoms with van der Waals surface area (Å²) < 4.78 is 6.04. The molecule has 0 aromatic rings. The molecule has 4 aliphatic rings. The van der Waals surface area contributed by atoms with E-state index in [0.717, 1.165) is 19.3 Å². The number of hydrogen-bond donors (Lipinski definition) is 1. The Balaban J connectivity index is 1.70. The molecule has 2 saturated carbocycles. The third kappa shape index (κ3) is 3.73. The monoisotopic (exact) mass is 428 g/mol. The van der Waals surface area contributed by atoms with E-state index < -0.39 is 6.10 Å². The van der Waals surface area contributed by atoms with Crippen LogP contribution in [0.15, 0.2) is 23.3 Å². The summed E-state index contributed by atoms with van der Waals surface area (Å²) >= 11 is 0. The van der Waals surface area contributed by atoms with Gasteiger partial charge in [-0.15, -0.1) is 0 Å². The van der Waals surface area contributed by atoms with Crippen molar-refractivity contribution in [2.75, 3.05) is 0 Å². The maximum atomic E-state index is 12.4. The van der Waals surface area contributed by atoms with Crippen molar-refractivity contribution in [2.45, 2.75) is 98.7 Å². The molecule has 1 N–H and O–H groups in total. The highest BCUT2D eigenvalue weighted by Crippen LogP contribution is 2.68. The van der Waals surface area contributed by atoms with Gasteiger partial charge in [-0.2, -0.15) is 0 Å². The highest BCUT2D eigenvalue weighted by Gasteiger charge is 2.63. The van der Waals surface area contributed by atoms with Gasteiger partial charge in [0.05, 0.1) is 6.10 Å². The van der Waals surface area contributed by atoms with Crippen molar-refractivity contribution in [3.05, 3.63) is 23.3 Å². The Labute approximate surface area is 187 Å². The molecule has 0 amide bonds. The Morgan fingerprint density at radius 2 is 1.90 bits per heavy atom. The molecule has 4 rings (SSSR count). The minimum atomic E-state index is -0.589. The molecule has 0 saturated heterocycles. The van der Waals surface area contributed by atoms with Gasteiger partial charge in [-0.25, -0.2) is 0 Å². The van der Waals surface area contributed by atoms with Crippen LogP contribution in [0.2, 0.25) is 0 Å². The standard InChI is InChI=1S/C27H40O4/c1-16-12-21(30)19(13-20(16)29)18-8-9-23-26(5,14-18)15-22(31-17(2)28)24-25(3,4)10-7-11-27(23,24)6/h8,12,19,21-24,30H,7,9-11,13-15H2,1-6H3/t19?,21-,22-,23+,24+,26-,27-/m1/s1. The maximum absolute atomic E-state index is 12.4. The average molecular weight is 429 g/mol. The molecule has 2 fully saturated rings. The lowest BCUT2D eigenvalue weighted by atomic mass is 9.40. The van der Waals surface area contributed by atoms with Crippen LogP contribution in [0.25, 0.3) is 0 Å². The van der Waals surface area contributed by atoms with E-state index in [-0.39, 0.29) is 40.0 Å². The van der Waals surface area contributed by atoms with Crippen molar-refractivity contribution in [2.24, 2.45) is 34.0 Å². The number of Topliss-reactive ketones (excluding diaryl/α,β-unsaturated/α-hetero) is 1. The Morgan fingerprint density at radius 1 is 1.19 bits per heavy atom. The molecule has 0 aromatic carbocycles. The normalized spacial score (nSPS) is 44.5. The largest absolute Gasteiger partial charge is 0.462 e. The second-order valence-corrected chi connectivity index (χ2v) is 12.1. The number of carbonyl (C=O) groups excluding carboxylic acids is 2. The second kappa shape index (κ2) is 7.57. The molecular formula is C27H40O4. The Morgan fingerprint density at radius 3 is 2.58 bits per heavy atom. The first kappa shape index (κ1) is 22.8. The van der Waals surface area contributed by atoms with E-state index in [4.69, 9.17) is 4.74 Å². The van der Waals surface area contributed by atoms with E-state index in [1.165, 1.54) is 31.8 Å². The third-order valence-electron chi connectivity index (χ3n) is 9.46. The zero-order valence-corrected chi connectivity index (χ0v) is 20.2. The fourth-order valence-corrected chi connectivity index (χ4v) is 8.42. The summed E-state index contributed by atoms with van der Waals surface area (Å²) in [6.45, 7) is 12.9. The van der Waals surface area contributed by atoms with Crippen molar-refractivity contribution in [1.82, 2.24) is 0 Å². The van der Waals surface area contributed by atoms with Crippen LogP contribution in [0.4, 0.5) is 0 Å². The fraction of sp³-hybridized carbons (Fsp3) is 0.778. The smallest absolute Gasteiger partial charge is 0.302 e. The number of ketones is 1. The predicted molar refractivity (Wildman–Crippen MR) is 121 cm³/mol. The van der Waals surface area contributed by atoms with Crippen molar-refractivity contribution in [3.8, 4) is 0 Å². The third-order valence-corrected chi connectivity index (χ3v) is 9.46. The molecule has 0 aliphatic heterocycles. The number of aliphatic hydroxyl groups excluding tert-OH is 1. The van der Waals surface area contributed by atoms with E-state index in [1.807, 2.05) is 0 Å². The second-order valence-electron chi connectivity index (χ2n) is 12.1. The highest BCUT2D eigenvalue weighted by atomic mass is 16.5. The summed E-state index contributed by atoms with van der Waals surface area (Å²) in [4.78, 5) is 24.5. The van der Waals surface area contributed by atoms with Gasteiger partial charge in [-0.3, -0.25) is 9.59 Å². The molecule has 0 bridgehead atoms. The van der Waals surface area contributed by atoms with Crippen LogP contribution in [-0.4, -0.2) is 29.1 Å². The molecule has 31 heavy (non-hydrogen) atoms.